The van der Waals surface area contributed by atoms with Gasteiger partial charge in [0.15, 0.2) is 18.1 Å². The summed E-state index contributed by atoms with van der Waals surface area (Å²) in [7, 11) is 0. The monoisotopic (exact) mass is 316 g/mol. The van der Waals surface area contributed by atoms with Crippen LogP contribution in [0.4, 0.5) is 0 Å². The van der Waals surface area contributed by atoms with Gasteiger partial charge in [0.1, 0.15) is 0 Å². The van der Waals surface area contributed by atoms with Gasteiger partial charge in [-0.25, -0.2) is 0 Å². The van der Waals surface area contributed by atoms with Crippen molar-refractivity contribution in [3.63, 3.8) is 0 Å². The quantitative estimate of drug-likeness (QED) is 0.420. The van der Waals surface area contributed by atoms with Gasteiger partial charge in [0.2, 0.25) is 6.79 Å². The van der Waals surface area contributed by atoms with Crippen molar-refractivity contribution in [1.82, 2.24) is 4.90 Å². The van der Waals surface area contributed by atoms with Crippen LogP contribution in [-0.2, 0) is 9.63 Å². The molecule has 6 nitrogen and oxygen atoms in total. The Labute approximate surface area is 135 Å². The van der Waals surface area contributed by atoms with E-state index >= 15 is 0 Å². The second-order valence-electron chi connectivity index (χ2n) is 4.89. The van der Waals surface area contributed by atoms with Gasteiger partial charge in [0.25, 0.3) is 5.91 Å². The maximum Gasteiger partial charge on any atom is 0.263 e. The van der Waals surface area contributed by atoms with E-state index in [9.17, 15) is 4.79 Å². The molecule has 1 aromatic rings. The standard InChI is InChI=1S/C17H20N2O4/c1-4-8-19(9-5-2)17(20)11-23-18-13(3)14-6-7-15-16(10-14)22-12-21-15/h4-7,10H,1-2,8-9,11-12H2,3H3/b18-13+. The predicted molar refractivity (Wildman–Crippen MR) is 87.7 cm³/mol. The highest BCUT2D eigenvalue weighted by Crippen LogP contribution is 2.32. The molecule has 1 heterocycles. The average molecular weight is 316 g/mol. The third-order valence-corrected chi connectivity index (χ3v) is 3.23. The minimum Gasteiger partial charge on any atom is -0.454 e. The predicted octanol–water partition coefficient (Wildman–Crippen LogP) is 2.36. The average Bonchev–Trinajstić information content (AvgIpc) is 3.02. The summed E-state index contributed by atoms with van der Waals surface area (Å²) in [4.78, 5) is 18.7. The lowest BCUT2D eigenvalue weighted by molar-refractivity contribution is -0.135. The molecule has 122 valence electrons. The summed E-state index contributed by atoms with van der Waals surface area (Å²) in [5.41, 5.74) is 1.49. The van der Waals surface area contributed by atoms with Gasteiger partial charge in [-0.15, -0.1) is 13.2 Å². The number of carbonyl (C=O) groups excluding carboxylic acids is 1. The van der Waals surface area contributed by atoms with Crippen molar-refractivity contribution >= 4 is 11.6 Å². The number of hydrogen-bond acceptors (Lipinski definition) is 5. The molecule has 0 aromatic heterocycles. The number of fused-ring (bicyclic) bond motifs is 1. The molecule has 1 amide bonds. The second-order valence-corrected chi connectivity index (χ2v) is 4.89. The number of hydrogen-bond donors (Lipinski definition) is 0. The fraction of sp³-hybridized carbons (Fsp3) is 0.294. The molecule has 0 saturated carbocycles. The van der Waals surface area contributed by atoms with Gasteiger partial charge in [0.05, 0.1) is 5.71 Å². The molecule has 0 radical (unpaired) electrons. The van der Waals surface area contributed by atoms with E-state index in [2.05, 4.69) is 18.3 Å². The summed E-state index contributed by atoms with van der Waals surface area (Å²) in [6.45, 7) is 10.0. The van der Waals surface area contributed by atoms with Crippen molar-refractivity contribution in [1.29, 1.82) is 0 Å². The molecule has 0 aliphatic carbocycles. The molecule has 2 rings (SSSR count). The van der Waals surface area contributed by atoms with Crippen molar-refractivity contribution in [2.24, 2.45) is 5.16 Å². The van der Waals surface area contributed by atoms with Crippen LogP contribution in [0.2, 0.25) is 0 Å². The summed E-state index contributed by atoms with van der Waals surface area (Å²) in [5.74, 6) is 1.21. The molecule has 0 bridgehead atoms. The van der Waals surface area contributed by atoms with Gasteiger partial charge in [0, 0.05) is 18.7 Å². The van der Waals surface area contributed by atoms with Crippen LogP contribution in [-0.4, -0.2) is 43.0 Å². The van der Waals surface area contributed by atoms with Crippen molar-refractivity contribution in [3.05, 3.63) is 49.1 Å². The molecule has 0 unspecified atom stereocenters. The van der Waals surface area contributed by atoms with Crippen LogP contribution in [0, 0.1) is 0 Å². The normalized spacial score (nSPS) is 12.7. The zero-order valence-electron chi connectivity index (χ0n) is 13.2. The fourth-order valence-corrected chi connectivity index (χ4v) is 2.04. The van der Waals surface area contributed by atoms with Crippen LogP contribution in [0.5, 0.6) is 11.5 Å². The Morgan fingerprint density at radius 3 is 2.70 bits per heavy atom. The Kier molecular flexibility index (Phi) is 5.80. The Balaban J connectivity index is 1.92. The molecule has 1 aromatic carbocycles. The first-order chi connectivity index (χ1) is 11.2. The summed E-state index contributed by atoms with van der Waals surface area (Å²) in [6, 6.07) is 5.51. The number of carbonyl (C=O) groups is 1. The smallest absolute Gasteiger partial charge is 0.263 e. The number of benzene rings is 1. The molecule has 6 heteroatoms. The molecule has 23 heavy (non-hydrogen) atoms. The van der Waals surface area contributed by atoms with E-state index in [1.165, 1.54) is 0 Å². The third-order valence-electron chi connectivity index (χ3n) is 3.23. The summed E-state index contributed by atoms with van der Waals surface area (Å²) in [6.07, 6.45) is 3.31. The van der Waals surface area contributed by atoms with Crippen LogP contribution < -0.4 is 9.47 Å². The lowest BCUT2D eigenvalue weighted by Gasteiger charge is -2.18. The molecule has 0 spiro atoms. The Morgan fingerprint density at radius 1 is 1.30 bits per heavy atom. The summed E-state index contributed by atoms with van der Waals surface area (Å²) < 4.78 is 10.6. The maximum absolute atomic E-state index is 12.0. The van der Waals surface area contributed by atoms with E-state index in [-0.39, 0.29) is 19.3 Å². The fourth-order valence-electron chi connectivity index (χ4n) is 2.04. The number of nitrogens with zero attached hydrogens (tertiary/aromatic N) is 2. The molecular weight excluding hydrogens is 296 g/mol. The van der Waals surface area contributed by atoms with Crippen LogP contribution in [0.1, 0.15) is 12.5 Å². The van der Waals surface area contributed by atoms with Crippen molar-refractivity contribution < 1.29 is 19.1 Å². The Bertz CT molecular complexity index is 615. The van der Waals surface area contributed by atoms with E-state index < -0.39 is 0 Å². The highest BCUT2D eigenvalue weighted by Gasteiger charge is 2.14. The van der Waals surface area contributed by atoms with Gasteiger partial charge in [-0.3, -0.25) is 4.79 Å². The molecule has 1 aliphatic heterocycles. The van der Waals surface area contributed by atoms with Gasteiger partial charge in [-0.2, -0.15) is 0 Å². The molecule has 0 fully saturated rings. The Hall–Kier alpha value is -2.76. The minimum atomic E-state index is -0.174. The van der Waals surface area contributed by atoms with Crippen LogP contribution in [0.15, 0.2) is 48.7 Å². The molecule has 0 atom stereocenters. The highest BCUT2D eigenvalue weighted by molar-refractivity contribution is 5.99. The number of amides is 1. The third kappa shape index (κ3) is 4.35. The minimum absolute atomic E-state index is 0.135. The van der Waals surface area contributed by atoms with Gasteiger partial charge in [-0.1, -0.05) is 17.3 Å². The first-order valence-corrected chi connectivity index (χ1v) is 7.22. The number of oxime groups is 1. The highest BCUT2D eigenvalue weighted by atomic mass is 16.7. The maximum atomic E-state index is 12.0. The summed E-state index contributed by atoms with van der Waals surface area (Å²) in [5, 5.41) is 3.98. The molecule has 1 aliphatic rings. The first kappa shape index (κ1) is 16.6. The molecular formula is C17H20N2O4. The van der Waals surface area contributed by atoms with E-state index in [1.54, 1.807) is 24.0 Å². The SMILES string of the molecule is C=CCN(CC=C)C(=O)CO/N=C(\C)c1ccc2c(c1)OCO2. The zero-order chi connectivity index (χ0) is 16.7. The Morgan fingerprint density at radius 2 is 2.00 bits per heavy atom. The van der Waals surface area contributed by atoms with E-state index in [4.69, 9.17) is 14.3 Å². The first-order valence-electron chi connectivity index (χ1n) is 7.22. The van der Waals surface area contributed by atoms with Crippen molar-refractivity contribution in [2.75, 3.05) is 26.5 Å². The van der Waals surface area contributed by atoms with E-state index in [0.29, 0.717) is 30.3 Å². The van der Waals surface area contributed by atoms with Gasteiger partial charge in [-0.05, 0) is 25.1 Å². The lowest BCUT2D eigenvalue weighted by Crippen LogP contribution is -2.34. The van der Waals surface area contributed by atoms with Gasteiger partial charge < -0.3 is 19.2 Å². The van der Waals surface area contributed by atoms with E-state index in [1.807, 2.05) is 18.2 Å². The largest absolute Gasteiger partial charge is 0.454 e. The molecule has 0 N–H and O–H groups in total. The van der Waals surface area contributed by atoms with Crippen LogP contribution >= 0.6 is 0 Å². The zero-order valence-corrected chi connectivity index (χ0v) is 13.2. The van der Waals surface area contributed by atoms with Crippen LogP contribution in [0.3, 0.4) is 0 Å². The summed E-state index contributed by atoms with van der Waals surface area (Å²) >= 11 is 0. The van der Waals surface area contributed by atoms with Crippen LogP contribution in [0.25, 0.3) is 0 Å². The van der Waals surface area contributed by atoms with Crippen molar-refractivity contribution in [3.8, 4) is 11.5 Å². The second kappa shape index (κ2) is 8.03. The molecule has 0 saturated heterocycles. The topological polar surface area (TPSA) is 60.4 Å². The lowest BCUT2D eigenvalue weighted by atomic mass is 10.1. The van der Waals surface area contributed by atoms with Crippen molar-refractivity contribution in [2.45, 2.75) is 6.92 Å². The number of ether oxygens (including phenoxy) is 2. The van der Waals surface area contributed by atoms with E-state index in [0.717, 1.165) is 5.56 Å². The van der Waals surface area contributed by atoms with Gasteiger partial charge >= 0.3 is 0 Å². The number of rotatable bonds is 8.